The van der Waals surface area contributed by atoms with Gasteiger partial charge in [-0.1, -0.05) is 11.6 Å². The fourth-order valence-corrected chi connectivity index (χ4v) is 2.95. The maximum absolute atomic E-state index is 11.1. The van der Waals surface area contributed by atoms with E-state index in [4.69, 9.17) is 16.0 Å². The van der Waals surface area contributed by atoms with Crippen LogP contribution in [0, 0.1) is 20.2 Å². The van der Waals surface area contributed by atoms with Crippen LogP contribution < -0.4 is 0 Å². The van der Waals surface area contributed by atoms with E-state index in [-0.39, 0.29) is 5.56 Å². The van der Waals surface area contributed by atoms with E-state index < -0.39 is 27.0 Å². The van der Waals surface area contributed by atoms with E-state index >= 15 is 0 Å². The number of aliphatic imine (C=N–C) groups is 1. The topological polar surface area (TPSA) is 145 Å². The van der Waals surface area contributed by atoms with Crippen molar-refractivity contribution in [3.8, 4) is 17.2 Å². The summed E-state index contributed by atoms with van der Waals surface area (Å²) in [6.45, 7) is 0. The second kappa shape index (κ2) is 7.84. The van der Waals surface area contributed by atoms with Crippen LogP contribution in [-0.4, -0.2) is 26.2 Å². The minimum atomic E-state index is -0.903. The zero-order valence-corrected chi connectivity index (χ0v) is 16.2. The van der Waals surface area contributed by atoms with Crippen LogP contribution in [0.5, 0.6) is 5.75 Å². The highest BCUT2D eigenvalue weighted by Gasteiger charge is 2.23. The molecule has 1 aromatic heterocycles. The first-order valence-corrected chi connectivity index (χ1v) is 9.06. The highest BCUT2D eigenvalue weighted by molar-refractivity contribution is 6.30. The molecule has 0 fully saturated rings. The summed E-state index contributed by atoms with van der Waals surface area (Å²) in [5.74, 6) is -0.327. The number of phenols is 1. The second-order valence-corrected chi connectivity index (χ2v) is 6.79. The Kier molecular flexibility index (Phi) is 5.05. The molecule has 1 N–H and O–H groups in total. The van der Waals surface area contributed by atoms with Crippen LogP contribution in [0.15, 0.2) is 64.0 Å². The zero-order chi connectivity index (χ0) is 22.1. The summed E-state index contributed by atoms with van der Waals surface area (Å²) in [6.07, 6.45) is 1.11. The molecule has 0 aliphatic heterocycles. The standard InChI is InChI=1S/C20H11ClN4O6/c21-13-3-1-11(2-4-13)20-23-16-8-14(5-6-18(16)31-20)22-10-12-7-15(24(27)28)9-17(19(12)26)25(29)30/h1-10,26H. The number of nitrogens with zero attached hydrogens (tertiary/aromatic N) is 4. The first kappa shape index (κ1) is 20.0. The number of rotatable bonds is 5. The maximum Gasteiger partial charge on any atom is 0.318 e. The number of oxazole rings is 1. The molecule has 0 spiro atoms. The predicted octanol–water partition coefficient (Wildman–Crippen LogP) is 5.42. The Hall–Kier alpha value is -4.31. The van der Waals surface area contributed by atoms with Crippen molar-refractivity contribution >= 4 is 46.0 Å². The highest BCUT2D eigenvalue weighted by atomic mass is 35.5. The first-order valence-electron chi connectivity index (χ1n) is 8.68. The Balaban J connectivity index is 1.69. The molecule has 0 bridgehead atoms. The van der Waals surface area contributed by atoms with Crippen LogP contribution in [0.2, 0.25) is 5.02 Å². The molecule has 31 heavy (non-hydrogen) atoms. The number of phenolic OH excluding ortho intramolecular Hbond substituents is 1. The molecular formula is C20H11ClN4O6. The zero-order valence-electron chi connectivity index (χ0n) is 15.4. The molecule has 4 aromatic rings. The lowest BCUT2D eigenvalue weighted by molar-refractivity contribution is -0.394. The van der Waals surface area contributed by atoms with Crippen LogP contribution in [0.3, 0.4) is 0 Å². The van der Waals surface area contributed by atoms with Gasteiger partial charge < -0.3 is 9.52 Å². The van der Waals surface area contributed by atoms with Crippen LogP contribution in [0.4, 0.5) is 17.1 Å². The highest BCUT2D eigenvalue weighted by Crippen LogP contribution is 2.34. The Bertz CT molecular complexity index is 1360. The van der Waals surface area contributed by atoms with E-state index in [1.54, 1.807) is 42.5 Å². The van der Waals surface area contributed by atoms with Gasteiger partial charge in [0.1, 0.15) is 5.52 Å². The van der Waals surface area contributed by atoms with Crippen LogP contribution >= 0.6 is 11.6 Å². The number of nitro groups is 2. The summed E-state index contributed by atoms with van der Waals surface area (Å²) >= 11 is 5.89. The number of aromatic nitrogens is 1. The van der Waals surface area contributed by atoms with E-state index in [9.17, 15) is 25.3 Å². The molecule has 1 heterocycles. The molecule has 11 heteroatoms. The number of non-ortho nitro benzene ring substituents is 1. The van der Waals surface area contributed by atoms with E-state index in [2.05, 4.69) is 9.98 Å². The predicted molar refractivity (Wildman–Crippen MR) is 113 cm³/mol. The van der Waals surface area contributed by atoms with E-state index in [0.717, 1.165) is 17.8 Å². The average Bonchev–Trinajstić information content (AvgIpc) is 3.16. The second-order valence-electron chi connectivity index (χ2n) is 6.35. The minimum Gasteiger partial charge on any atom is -0.502 e. The maximum atomic E-state index is 11.1. The van der Waals surface area contributed by atoms with Crippen molar-refractivity contribution in [1.29, 1.82) is 0 Å². The number of hydrogen-bond donors (Lipinski definition) is 1. The normalized spacial score (nSPS) is 11.3. The molecule has 0 unspecified atom stereocenters. The third kappa shape index (κ3) is 4.05. The van der Waals surface area contributed by atoms with Gasteiger partial charge in [-0.25, -0.2) is 4.98 Å². The summed E-state index contributed by atoms with van der Waals surface area (Å²) in [5, 5.41) is 32.7. The molecule has 154 valence electrons. The van der Waals surface area contributed by atoms with Gasteiger partial charge in [0.05, 0.1) is 21.6 Å². The number of benzene rings is 3. The van der Waals surface area contributed by atoms with E-state index in [1.807, 2.05) is 0 Å². The van der Waals surface area contributed by atoms with Crippen molar-refractivity contribution in [3.63, 3.8) is 0 Å². The molecule has 0 aliphatic rings. The Morgan fingerprint density at radius 2 is 1.77 bits per heavy atom. The summed E-state index contributed by atoms with van der Waals surface area (Å²) in [5.41, 5.74) is 0.673. The smallest absolute Gasteiger partial charge is 0.318 e. The fourth-order valence-electron chi connectivity index (χ4n) is 2.82. The average molecular weight is 439 g/mol. The quantitative estimate of drug-likeness (QED) is 0.248. The molecule has 0 radical (unpaired) electrons. The number of halogens is 1. The molecule has 0 amide bonds. The van der Waals surface area contributed by atoms with Crippen molar-refractivity contribution in [3.05, 3.63) is 85.4 Å². The third-order valence-electron chi connectivity index (χ3n) is 4.33. The van der Waals surface area contributed by atoms with Gasteiger partial charge in [0.25, 0.3) is 5.69 Å². The largest absolute Gasteiger partial charge is 0.502 e. The molecule has 3 aromatic carbocycles. The van der Waals surface area contributed by atoms with Gasteiger partial charge in [-0.05, 0) is 42.5 Å². The molecule has 0 atom stereocenters. The molecule has 0 aliphatic carbocycles. The third-order valence-corrected chi connectivity index (χ3v) is 4.58. The van der Waals surface area contributed by atoms with Gasteiger partial charge >= 0.3 is 5.69 Å². The lowest BCUT2D eigenvalue weighted by Gasteiger charge is -2.01. The van der Waals surface area contributed by atoms with E-state index in [1.165, 1.54) is 0 Å². The number of hydrogen-bond acceptors (Lipinski definition) is 8. The van der Waals surface area contributed by atoms with Crippen LogP contribution in [0.25, 0.3) is 22.6 Å². The summed E-state index contributed by atoms with van der Waals surface area (Å²) in [6, 6.07) is 13.5. The number of aromatic hydroxyl groups is 1. The summed E-state index contributed by atoms with van der Waals surface area (Å²) < 4.78 is 5.72. The SMILES string of the molecule is O=[N+]([O-])c1cc(C=Nc2ccc3oc(-c4ccc(Cl)cc4)nc3c2)c(O)c([N+](=O)[O-])c1. The van der Waals surface area contributed by atoms with Crippen LogP contribution in [-0.2, 0) is 0 Å². The van der Waals surface area contributed by atoms with Gasteiger partial charge in [0.15, 0.2) is 5.58 Å². The van der Waals surface area contributed by atoms with E-state index in [0.29, 0.717) is 33.8 Å². The molecule has 4 rings (SSSR count). The van der Waals surface area contributed by atoms with Gasteiger partial charge in [0.2, 0.25) is 11.6 Å². The number of fused-ring (bicyclic) bond motifs is 1. The molecule has 10 nitrogen and oxygen atoms in total. The van der Waals surface area contributed by atoms with Gasteiger partial charge in [-0.2, -0.15) is 0 Å². The van der Waals surface area contributed by atoms with Crippen molar-refractivity contribution in [2.45, 2.75) is 0 Å². The molecule has 0 saturated heterocycles. The Morgan fingerprint density at radius 1 is 1.03 bits per heavy atom. The lowest BCUT2D eigenvalue weighted by Crippen LogP contribution is -1.96. The van der Waals surface area contributed by atoms with Crippen molar-refractivity contribution in [2.75, 3.05) is 0 Å². The Labute approximate surface area is 178 Å². The monoisotopic (exact) mass is 438 g/mol. The van der Waals surface area contributed by atoms with Gasteiger partial charge in [0, 0.05) is 28.4 Å². The molecular weight excluding hydrogens is 428 g/mol. The Morgan fingerprint density at radius 3 is 2.45 bits per heavy atom. The van der Waals surface area contributed by atoms with Gasteiger partial charge in [-0.15, -0.1) is 0 Å². The summed E-state index contributed by atoms with van der Waals surface area (Å²) in [7, 11) is 0. The fraction of sp³-hybridized carbons (Fsp3) is 0. The van der Waals surface area contributed by atoms with Crippen molar-refractivity contribution in [2.24, 2.45) is 4.99 Å². The van der Waals surface area contributed by atoms with Gasteiger partial charge in [-0.3, -0.25) is 25.2 Å². The lowest BCUT2D eigenvalue weighted by atomic mass is 10.1. The van der Waals surface area contributed by atoms with Crippen molar-refractivity contribution in [1.82, 2.24) is 4.98 Å². The molecule has 0 saturated carbocycles. The minimum absolute atomic E-state index is 0.164. The number of nitro benzene ring substituents is 2. The summed E-state index contributed by atoms with van der Waals surface area (Å²) in [4.78, 5) is 29.0. The first-order chi connectivity index (χ1) is 14.8. The van der Waals surface area contributed by atoms with Crippen LogP contribution in [0.1, 0.15) is 5.56 Å². The van der Waals surface area contributed by atoms with Crippen molar-refractivity contribution < 1.29 is 19.4 Å².